The monoisotopic (exact) mass is 204 g/mol. The summed E-state index contributed by atoms with van der Waals surface area (Å²) in [6.45, 7) is 6.87. The van der Waals surface area contributed by atoms with Crippen LogP contribution < -0.4 is 5.73 Å². The number of hydrogen-bond donors (Lipinski definition) is 1. The summed E-state index contributed by atoms with van der Waals surface area (Å²) in [5.41, 5.74) is 6.10. The van der Waals surface area contributed by atoms with E-state index in [4.69, 9.17) is 11.0 Å². The number of aldehydes is 1. The van der Waals surface area contributed by atoms with Gasteiger partial charge in [0.15, 0.2) is 0 Å². The van der Waals surface area contributed by atoms with E-state index in [0.29, 0.717) is 18.3 Å². The number of hydrogen-bond acceptors (Lipinski definition) is 3. The molecule has 0 saturated carbocycles. The van der Waals surface area contributed by atoms with Gasteiger partial charge >= 0.3 is 0 Å². The lowest BCUT2D eigenvalue weighted by Crippen LogP contribution is -2.38. The van der Waals surface area contributed by atoms with E-state index in [2.05, 4.69) is 6.58 Å². The molecule has 3 nitrogen and oxygen atoms in total. The van der Waals surface area contributed by atoms with Crippen molar-refractivity contribution < 1.29 is 4.79 Å². The fourth-order valence-electron chi connectivity index (χ4n) is 1.02. The Hall–Kier alpha value is -1.66. The molecule has 0 aliphatic heterocycles. The molecule has 80 valence electrons. The van der Waals surface area contributed by atoms with Crippen LogP contribution in [0.2, 0.25) is 0 Å². The van der Waals surface area contributed by atoms with E-state index in [0.717, 1.165) is 5.57 Å². The molecule has 0 heterocycles. The number of nitrogens with zero attached hydrogens (tertiary/aromatic N) is 1. The molecule has 0 aromatic heterocycles. The van der Waals surface area contributed by atoms with Crippen LogP contribution in [0.4, 0.5) is 0 Å². The van der Waals surface area contributed by atoms with Crippen molar-refractivity contribution in [3.8, 4) is 6.07 Å². The van der Waals surface area contributed by atoms with E-state index >= 15 is 0 Å². The van der Waals surface area contributed by atoms with Crippen molar-refractivity contribution in [3.63, 3.8) is 0 Å². The fourth-order valence-corrected chi connectivity index (χ4v) is 1.02. The molecule has 0 aliphatic rings. The van der Waals surface area contributed by atoms with Gasteiger partial charge in [0.25, 0.3) is 0 Å². The standard InChI is InChI=1S/C12H16N2O/c1-4-5-6-11(10(2)8-13)7-12(3,14)9-15/h4-6,9H,1,7,14H2,2-3H3/b6-5-,11-10-/t12-/m1/s1. The summed E-state index contributed by atoms with van der Waals surface area (Å²) in [5, 5.41) is 8.78. The molecular weight excluding hydrogens is 188 g/mol. The maximum atomic E-state index is 10.7. The molecule has 0 rings (SSSR count). The normalized spacial score (nSPS) is 16.4. The summed E-state index contributed by atoms with van der Waals surface area (Å²) in [4.78, 5) is 10.7. The third kappa shape index (κ3) is 4.94. The first-order chi connectivity index (χ1) is 6.96. The summed E-state index contributed by atoms with van der Waals surface area (Å²) in [6.07, 6.45) is 6.12. The van der Waals surface area contributed by atoms with Crippen LogP contribution >= 0.6 is 0 Å². The van der Waals surface area contributed by atoms with Gasteiger partial charge in [-0.05, 0) is 25.8 Å². The van der Waals surface area contributed by atoms with Crippen molar-refractivity contribution in [2.24, 2.45) is 5.73 Å². The van der Waals surface area contributed by atoms with Gasteiger partial charge in [-0.25, -0.2) is 0 Å². The van der Waals surface area contributed by atoms with Gasteiger partial charge in [0.05, 0.1) is 11.6 Å². The van der Waals surface area contributed by atoms with Gasteiger partial charge in [0.1, 0.15) is 6.29 Å². The Labute approximate surface area is 90.6 Å². The number of allylic oxidation sites excluding steroid dienone is 4. The Balaban J connectivity index is 5.01. The average molecular weight is 204 g/mol. The molecule has 0 amide bonds. The minimum absolute atomic E-state index is 0.347. The van der Waals surface area contributed by atoms with Crippen molar-refractivity contribution in [3.05, 3.63) is 36.0 Å². The number of carbonyl (C=O) groups is 1. The molecule has 15 heavy (non-hydrogen) atoms. The highest BCUT2D eigenvalue weighted by molar-refractivity contribution is 5.64. The van der Waals surface area contributed by atoms with Crippen molar-refractivity contribution in [2.75, 3.05) is 0 Å². The predicted molar refractivity (Wildman–Crippen MR) is 60.9 cm³/mol. The van der Waals surface area contributed by atoms with Gasteiger partial charge in [-0.1, -0.05) is 24.8 Å². The Morgan fingerprint density at radius 2 is 2.27 bits per heavy atom. The number of nitriles is 1. The fraction of sp³-hybridized carbons (Fsp3) is 0.333. The van der Waals surface area contributed by atoms with Crippen LogP contribution in [-0.2, 0) is 4.79 Å². The van der Waals surface area contributed by atoms with Crippen molar-refractivity contribution in [1.29, 1.82) is 5.26 Å². The Kier molecular flexibility index (Phi) is 5.29. The Bertz CT molecular complexity index is 343. The molecule has 0 bridgehead atoms. The second-order valence-corrected chi connectivity index (χ2v) is 3.66. The van der Waals surface area contributed by atoms with E-state index in [1.807, 2.05) is 6.07 Å². The molecule has 0 fully saturated rings. The maximum absolute atomic E-state index is 10.7. The first kappa shape index (κ1) is 13.3. The van der Waals surface area contributed by atoms with Crippen LogP contribution in [0.1, 0.15) is 20.3 Å². The van der Waals surface area contributed by atoms with Gasteiger partial charge in [-0.15, -0.1) is 0 Å². The number of nitrogens with two attached hydrogens (primary N) is 1. The molecule has 0 aromatic rings. The minimum Gasteiger partial charge on any atom is -0.319 e. The first-order valence-corrected chi connectivity index (χ1v) is 4.61. The van der Waals surface area contributed by atoms with Gasteiger partial charge in [0.2, 0.25) is 0 Å². The predicted octanol–water partition coefficient (Wildman–Crippen LogP) is 1.88. The number of rotatable bonds is 5. The molecule has 2 N–H and O–H groups in total. The quantitative estimate of drug-likeness (QED) is 0.422. The Morgan fingerprint density at radius 1 is 1.67 bits per heavy atom. The Morgan fingerprint density at radius 3 is 2.67 bits per heavy atom. The topological polar surface area (TPSA) is 66.9 Å². The van der Waals surface area contributed by atoms with Gasteiger partial charge < -0.3 is 10.5 Å². The zero-order chi connectivity index (χ0) is 11.9. The highest BCUT2D eigenvalue weighted by Crippen LogP contribution is 2.17. The summed E-state index contributed by atoms with van der Waals surface area (Å²) in [7, 11) is 0. The first-order valence-electron chi connectivity index (χ1n) is 4.61. The maximum Gasteiger partial charge on any atom is 0.139 e. The SMILES string of the molecule is C=C/C=C\C(C[C@@](C)(N)C=O)=C(/C)C#N. The van der Waals surface area contributed by atoms with E-state index in [9.17, 15) is 4.79 Å². The average Bonchev–Trinajstić information content (AvgIpc) is 2.23. The molecular formula is C12H16N2O. The van der Waals surface area contributed by atoms with E-state index in [1.165, 1.54) is 0 Å². The van der Waals surface area contributed by atoms with Crippen molar-refractivity contribution in [1.82, 2.24) is 0 Å². The lowest BCUT2D eigenvalue weighted by Gasteiger charge is -2.17. The molecule has 0 aromatic carbocycles. The zero-order valence-electron chi connectivity index (χ0n) is 9.16. The molecule has 3 heteroatoms. The highest BCUT2D eigenvalue weighted by atomic mass is 16.1. The van der Waals surface area contributed by atoms with Crippen LogP contribution in [0, 0.1) is 11.3 Å². The minimum atomic E-state index is -0.932. The summed E-state index contributed by atoms with van der Waals surface area (Å²) in [6, 6.07) is 2.04. The van der Waals surface area contributed by atoms with Gasteiger partial charge in [-0.2, -0.15) is 5.26 Å². The number of carbonyl (C=O) groups excluding carboxylic acids is 1. The molecule has 0 spiro atoms. The second kappa shape index (κ2) is 5.94. The van der Waals surface area contributed by atoms with Crippen LogP contribution in [0.15, 0.2) is 36.0 Å². The molecule has 0 aliphatic carbocycles. The van der Waals surface area contributed by atoms with Gasteiger partial charge in [0, 0.05) is 5.57 Å². The van der Waals surface area contributed by atoms with Crippen LogP contribution in [0.3, 0.4) is 0 Å². The highest BCUT2D eigenvalue weighted by Gasteiger charge is 2.19. The van der Waals surface area contributed by atoms with E-state index in [1.54, 1.807) is 32.1 Å². The lowest BCUT2D eigenvalue weighted by atomic mass is 9.92. The third-order valence-corrected chi connectivity index (χ3v) is 1.92. The van der Waals surface area contributed by atoms with Crippen LogP contribution in [0.5, 0.6) is 0 Å². The van der Waals surface area contributed by atoms with E-state index < -0.39 is 5.54 Å². The molecule has 0 saturated heterocycles. The molecule has 0 unspecified atom stereocenters. The third-order valence-electron chi connectivity index (χ3n) is 1.92. The lowest BCUT2D eigenvalue weighted by molar-refractivity contribution is -0.111. The van der Waals surface area contributed by atoms with E-state index in [-0.39, 0.29) is 0 Å². The smallest absolute Gasteiger partial charge is 0.139 e. The second-order valence-electron chi connectivity index (χ2n) is 3.66. The van der Waals surface area contributed by atoms with Crippen molar-refractivity contribution in [2.45, 2.75) is 25.8 Å². The summed E-state index contributed by atoms with van der Waals surface area (Å²) < 4.78 is 0. The largest absolute Gasteiger partial charge is 0.319 e. The van der Waals surface area contributed by atoms with Crippen molar-refractivity contribution >= 4 is 6.29 Å². The summed E-state index contributed by atoms with van der Waals surface area (Å²) >= 11 is 0. The molecule has 1 atom stereocenters. The zero-order valence-corrected chi connectivity index (χ0v) is 9.16. The summed E-state index contributed by atoms with van der Waals surface area (Å²) in [5.74, 6) is 0. The van der Waals surface area contributed by atoms with Crippen LogP contribution in [0.25, 0.3) is 0 Å². The van der Waals surface area contributed by atoms with Crippen LogP contribution in [-0.4, -0.2) is 11.8 Å². The van der Waals surface area contributed by atoms with Gasteiger partial charge in [-0.3, -0.25) is 0 Å². The molecule has 0 radical (unpaired) electrons.